The topological polar surface area (TPSA) is 81.0 Å². The minimum absolute atomic E-state index is 0.193. The van der Waals surface area contributed by atoms with Gasteiger partial charge < -0.3 is 15.3 Å². The summed E-state index contributed by atoms with van der Waals surface area (Å²) in [5, 5.41) is 26.5. The van der Waals surface area contributed by atoms with Crippen molar-refractivity contribution < 1.29 is 20.1 Å². The van der Waals surface area contributed by atoms with Gasteiger partial charge >= 0.3 is 5.97 Å². The molecule has 0 aromatic carbocycles. The van der Waals surface area contributed by atoms with Crippen LogP contribution in [0.1, 0.15) is 226 Å². The van der Waals surface area contributed by atoms with E-state index < -0.39 is 5.97 Å². The van der Waals surface area contributed by atoms with Gasteiger partial charge in [0, 0.05) is 19.5 Å². The van der Waals surface area contributed by atoms with E-state index in [0.29, 0.717) is 19.5 Å². The van der Waals surface area contributed by atoms with Gasteiger partial charge in [0.15, 0.2) is 0 Å². The van der Waals surface area contributed by atoms with Crippen LogP contribution in [0.2, 0.25) is 0 Å². The maximum atomic E-state index is 10.3. The highest BCUT2D eigenvalue weighted by Gasteiger charge is 2.03. The summed E-state index contributed by atoms with van der Waals surface area (Å²) in [6.45, 7) is 7.34. The molecule has 0 aliphatic heterocycles. The van der Waals surface area contributed by atoms with Crippen molar-refractivity contribution in [1.29, 1.82) is 0 Å². The molecule has 0 rings (SSSR count). The van der Waals surface area contributed by atoms with E-state index >= 15 is 0 Å². The third-order valence-electron chi connectivity index (χ3n) is 9.40. The Bertz CT molecular complexity index is 539. The van der Waals surface area contributed by atoms with Crippen molar-refractivity contribution in [1.82, 2.24) is 4.90 Å². The van der Waals surface area contributed by atoms with Gasteiger partial charge in [0.1, 0.15) is 0 Å². The van der Waals surface area contributed by atoms with Crippen molar-refractivity contribution in [2.75, 3.05) is 32.8 Å². The summed E-state index contributed by atoms with van der Waals surface area (Å²) in [6, 6.07) is 0. The lowest BCUT2D eigenvalue weighted by Crippen LogP contribution is -2.30. The predicted octanol–water partition coefficient (Wildman–Crippen LogP) is 12.3. The van der Waals surface area contributed by atoms with E-state index in [2.05, 4.69) is 18.7 Å². The fourth-order valence-corrected chi connectivity index (χ4v) is 6.33. The number of hydrogen-bond donors (Lipinski definition) is 3. The number of unbranched alkanes of at least 4 members (excludes halogenated alkanes) is 30. The molecule has 0 aromatic heterocycles. The maximum Gasteiger partial charge on any atom is 0.303 e. The van der Waals surface area contributed by atoms with Gasteiger partial charge in [-0.3, -0.25) is 9.69 Å². The Morgan fingerprint density at radius 2 is 0.609 bits per heavy atom. The zero-order valence-electron chi connectivity index (χ0n) is 31.6. The van der Waals surface area contributed by atoms with Crippen LogP contribution in [0.3, 0.4) is 0 Å². The third-order valence-corrected chi connectivity index (χ3v) is 9.40. The van der Waals surface area contributed by atoms with E-state index in [1.165, 1.54) is 193 Å². The van der Waals surface area contributed by atoms with E-state index in [4.69, 9.17) is 15.3 Å². The first-order valence-corrected chi connectivity index (χ1v) is 20.8. The highest BCUT2D eigenvalue weighted by molar-refractivity contribution is 5.66. The minimum atomic E-state index is -0.653. The van der Waals surface area contributed by atoms with Gasteiger partial charge in [-0.15, -0.1) is 0 Å². The van der Waals surface area contributed by atoms with Crippen LogP contribution in [0.5, 0.6) is 0 Å². The molecule has 46 heavy (non-hydrogen) atoms. The summed E-state index contributed by atoms with van der Waals surface area (Å²) in [7, 11) is 0. The average Bonchev–Trinajstić information content (AvgIpc) is 3.04. The Kier molecular flexibility index (Phi) is 45.8. The van der Waals surface area contributed by atoms with Crippen molar-refractivity contribution in [2.45, 2.75) is 226 Å². The summed E-state index contributed by atoms with van der Waals surface area (Å²) in [6.07, 6.45) is 44.0. The number of aliphatic hydroxyl groups excluding tert-OH is 2. The average molecular weight is 656 g/mol. The van der Waals surface area contributed by atoms with Crippen LogP contribution in [-0.4, -0.2) is 59.0 Å². The fraction of sp³-hybridized carbons (Fsp3) is 0.976. The van der Waals surface area contributed by atoms with Crippen molar-refractivity contribution in [2.24, 2.45) is 0 Å². The Morgan fingerprint density at radius 1 is 0.370 bits per heavy atom. The summed E-state index contributed by atoms with van der Waals surface area (Å²) < 4.78 is 0. The van der Waals surface area contributed by atoms with Crippen LogP contribution in [-0.2, 0) is 4.79 Å². The molecule has 0 bridgehead atoms. The van der Waals surface area contributed by atoms with Gasteiger partial charge in [0.05, 0.1) is 13.2 Å². The summed E-state index contributed by atoms with van der Waals surface area (Å²) in [5.74, 6) is -0.653. The van der Waals surface area contributed by atoms with Gasteiger partial charge in [0.2, 0.25) is 0 Å². The quantitative estimate of drug-likeness (QED) is 0.0577. The standard InChI is InChI=1S/C23H49NO2.C18H36O2/c1-2-3-4-5-6-7-8-9-10-11-12-13-14-15-16-17-18-19-24(20-22-25)21-23-26;1-2-3-4-5-6-7-8-9-10-11-12-13-14-15-16-17-18(19)20/h25-26H,2-23H2,1H3;2-17H2,1H3,(H,19,20). The van der Waals surface area contributed by atoms with E-state index in [-0.39, 0.29) is 13.2 Å². The maximum absolute atomic E-state index is 10.3. The highest BCUT2D eigenvalue weighted by atomic mass is 16.4. The second-order valence-corrected chi connectivity index (χ2v) is 14.0. The molecular weight excluding hydrogens is 570 g/mol. The molecule has 5 nitrogen and oxygen atoms in total. The summed E-state index contributed by atoms with van der Waals surface area (Å²) in [4.78, 5) is 12.5. The van der Waals surface area contributed by atoms with Gasteiger partial charge in [-0.1, -0.05) is 206 Å². The number of carboxylic acids is 1. The smallest absolute Gasteiger partial charge is 0.303 e. The zero-order valence-corrected chi connectivity index (χ0v) is 31.6. The van der Waals surface area contributed by atoms with E-state index in [9.17, 15) is 4.79 Å². The van der Waals surface area contributed by atoms with Gasteiger partial charge in [-0.05, 0) is 19.4 Å². The molecule has 5 heteroatoms. The van der Waals surface area contributed by atoms with E-state index in [1.54, 1.807) is 0 Å². The number of nitrogens with zero attached hydrogens (tertiary/aromatic N) is 1. The van der Waals surface area contributed by atoms with Gasteiger partial charge in [-0.2, -0.15) is 0 Å². The minimum Gasteiger partial charge on any atom is -0.481 e. The molecule has 0 heterocycles. The van der Waals surface area contributed by atoms with E-state index in [0.717, 1.165) is 19.4 Å². The van der Waals surface area contributed by atoms with Crippen LogP contribution in [0.4, 0.5) is 0 Å². The first-order valence-electron chi connectivity index (χ1n) is 20.8. The van der Waals surface area contributed by atoms with Crippen LogP contribution in [0.25, 0.3) is 0 Å². The molecule has 0 fully saturated rings. The third kappa shape index (κ3) is 45.5. The van der Waals surface area contributed by atoms with Gasteiger partial charge in [0.25, 0.3) is 0 Å². The molecule has 0 aliphatic carbocycles. The normalized spacial score (nSPS) is 11.2. The first kappa shape index (κ1) is 47.5. The van der Waals surface area contributed by atoms with Crippen molar-refractivity contribution >= 4 is 5.97 Å². The Morgan fingerprint density at radius 3 is 0.848 bits per heavy atom. The number of carboxylic acid groups (broad SMARTS) is 1. The van der Waals surface area contributed by atoms with Crippen LogP contribution in [0, 0.1) is 0 Å². The van der Waals surface area contributed by atoms with Crippen LogP contribution < -0.4 is 0 Å². The largest absolute Gasteiger partial charge is 0.481 e. The van der Waals surface area contributed by atoms with Crippen molar-refractivity contribution in [3.8, 4) is 0 Å². The molecule has 0 atom stereocenters. The molecule has 278 valence electrons. The second kappa shape index (κ2) is 44.4. The number of aliphatic carboxylic acids is 1. The Hall–Kier alpha value is -0.650. The summed E-state index contributed by atoms with van der Waals surface area (Å²) >= 11 is 0. The van der Waals surface area contributed by atoms with E-state index in [1.807, 2.05) is 0 Å². The Balaban J connectivity index is 0. The monoisotopic (exact) mass is 656 g/mol. The second-order valence-electron chi connectivity index (χ2n) is 14.0. The van der Waals surface area contributed by atoms with Crippen molar-refractivity contribution in [3.05, 3.63) is 0 Å². The zero-order chi connectivity index (χ0) is 34.0. The Labute approximate surface area is 289 Å². The lowest BCUT2D eigenvalue weighted by Gasteiger charge is -2.19. The number of hydrogen-bond acceptors (Lipinski definition) is 4. The number of rotatable bonds is 38. The molecule has 0 aromatic rings. The first-order chi connectivity index (χ1) is 22.6. The molecule has 0 spiro atoms. The molecule has 0 aliphatic rings. The van der Waals surface area contributed by atoms with Crippen LogP contribution in [0.15, 0.2) is 0 Å². The van der Waals surface area contributed by atoms with Crippen LogP contribution >= 0.6 is 0 Å². The lowest BCUT2D eigenvalue weighted by molar-refractivity contribution is -0.137. The highest BCUT2D eigenvalue weighted by Crippen LogP contribution is 2.15. The molecule has 0 radical (unpaired) electrons. The molecule has 0 saturated carbocycles. The molecule has 0 unspecified atom stereocenters. The summed E-state index contributed by atoms with van der Waals surface area (Å²) in [5.41, 5.74) is 0. The van der Waals surface area contributed by atoms with Gasteiger partial charge in [-0.25, -0.2) is 0 Å². The fourth-order valence-electron chi connectivity index (χ4n) is 6.33. The molecule has 0 saturated heterocycles. The van der Waals surface area contributed by atoms with Crippen molar-refractivity contribution in [3.63, 3.8) is 0 Å². The lowest BCUT2D eigenvalue weighted by atomic mass is 10.0. The SMILES string of the molecule is CCCCCCCCCCCCCCCCCC(=O)O.CCCCCCCCCCCCCCCCCCCN(CCO)CCO. The number of carbonyl (C=O) groups is 1. The number of aliphatic hydroxyl groups is 2. The molecule has 0 amide bonds. The predicted molar refractivity (Wildman–Crippen MR) is 202 cm³/mol. The molecule has 3 N–H and O–H groups in total. The molecular formula is C41H85NO4.